The normalized spacial score (nSPS) is 20.1. The van der Waals surface area contributed by atoms with Crippen molar-refractivity contribution in [3.8, 4) is 16.9 Å². The van der Waals surface area contributed by atoms with Gasteiger partial charge in [-0.3, -0.25) is 4.79 Å². The third-order valence-corrected chi connectivity index (χ3v) is 7.75. The number of carbonyl (C=O) groups is 2. The number of hydrogen-bond donors (Lipinski definition) is 3. The van der Waals surface area contributed by atoms with Crippen molar-refractivity contribution < 1.29 is 24.2 Å². The molecule has 2 aliphatic rings. The van der Waals surface area contributed by atoms with Gasteiger partial charge in [-0.05, 0) is 113 Å². The summed E-state index contributed by atoms with van der Waals surface area (Å²) in [6.07, 6.45) is 2.99. The highest BCUT2D eigenvalue weighted by Crippen LogP contribution is 2.44. The van der Waals surface area contributed by atoms with E-state index in [0.717, 1.165) is 59.4 Å². The Labute approximate surface area is 226 Å². The SMILES string of the molecule is Cc1cc(C(=O)NC2CCC(C)CC2)c(C)c(-c2ccc3c(c2C)NCCO3)c1[C@H](OC(C)(C)C)C(=O)O. The summed E-state index contributed by atoms with van der Waals surface area (Å²) in [4.78, 5) is 26.2. The zero-order chi connectivity index (χ0) is 27.8. The number of amides is 1. The van der Waals surface area contributed by atoms with E-state index in [1.54, 1.807) is 0 Å². The molecule has 1 aliphatic carbocycles. The fourth-order valence-corrected chi connectivity index (χ4v) is 5.75. The van der Waals surface area contributed by atoms with Gasteiger partial charge in [-0.25, -0.2) is 4.79 Å². The van der Waals surface area contributed by atoms with Gasteiger partial charge in [-0.1, -0.05) is 13.0 Å². The molecule has 1 atom stereocenters. The summed E-state index contributed by atoms with van der Waals surface area (Å²) >= 11 is 0. The van der Waals surface area contributed by atoms with Crippen LogP contribution in [0, 0.1) is 26.7 Å². The quantitative estimate of drug-likeness (QED) is 0.410. The van der Waals surface area contributed by atoms with Crippen molar-refractivity contribution in [2.75, 3.05) is 18.5 Å². The van der Waals surface area contributed by atoms with Gasteiger partial charge in [0.2, 0.25) is 0 Å². The van der Waals surface area contributed by atoms with Crippen LogP contribution in [0.1, 0.15) is 92.1 Å². The van der Waals surface area contributed by atoms with Crippen molar-refractivity contribution in [1.29, 1.82) is 0 Å². The second kappa shape index (κ2) is 11.0. The van der Waals surface area contributed by atoms with Gasteiger partial charge in [0.1, 0.15) is 12.4 Å². The molecule has 7 nitrogen and oxygen atoms in total. The minimum absolute atomic E-state index is 0.112. The topological polar surface area (TPSA) is 96.9 Å². The number of nitrogens with one attached hydrogen (secondary N) is 2. The highest BCUT2D eigenvalue weighted by atomic mass is 16.5. The molecule has 1 amide bonds. The number of aliphatic carboxylic acids is 1. The first-order valence-corrected chi connectivity index (χ1v) is 13.7. The lowest BCUT2D eigenvalue weighted by Crippen LogP contribution is -2.38. The van der Waals surface area contributed by atoms with E-state index in [-0.39, 0.29) is 11.9 Å². The number of carbonyl (C=O) groups excluding carboxylic acids is 1. The maximum absolute atomic E-state index is 13.6. The van der Waals surface area contributed by atoms with Crippen molar-refractivity contribution in [3.05, 3.63) is 46.0 Å². The van der Waals surface area contributed by atoms with Crippen LogP contribution in [0.4, 0.5) is 5.69 Å². The van der Waals surface area contributed by atoms with E-state index in [9.17, 15) is 14.7 Å². The summed E-state index contributed by atoms with van der Waals surface area (Å²) in [5.41, 5.74) is 5.36. The summed E-state index contributed by atoms with van der Waals surface area (Å²) in [5.74, 6) is 0.292. The van der Waals surface area contributed by atoms with Crippen molar-refractivity contribution in [3.63, 3.8) is 0 Å². The van der Waals surface area contributed by atoms with E-state index in [1.165, 1.54) is 0 Å². The Kier molecular flexibility index (Phi) is 8.07. The van der Waals surface area contributed by atoms with E-state index in [1.807, 2.05) is 59.7 Å². The van der Waals surface area contributed by atoms with Crippen LogP contribution in [-0.4, -0.2) is 41.8 Å². The van der Waals surface area contributed by atoms with E-state index >= 15 is 0 Å². The molecule has 2 aromatic rings. The van der Waals surface area contributed by atoms with Gasteiger partial charge in [-0.2, -0.15) is 0 Å². The maximum Gasteiger partial charge on any atom is 0.337 e. The van der Waals surface area contributed by atoms with Crippen molar-refractivity contribution >= 4 is 17.6 Å². The molecule has 1 aliphatic heterocycles. The fourth-order valence-electron chi connectivity index (χ4n) is 5.75. The molecule has 1 heterocycles. The zero-order valence-electron chi connectivity index (χ0n) is 23.8. The predicted octanol–water partition coefficient (Wildman–Crippen LogP) is 6.33. The molecular formula is C31H42N2O5. The number of hydrogen-bond acceptors (Lipinski definition) is 5. The third kappa shape index (κ3) is 5.83. The lowest BCUT2D eigenvalue weighted by Gasteiger charge is -2.31. The smallest absolute Gasteiger partial charge is 0.337 e. The van der Waals surface area contributed by atoms with Gasteiger partial charge in [0, 0.05) is 23.7 Å². The van der Waals surface area contributed by atoms with Gasteiger partial charge in [0.25, 0.3) is 5.91 Å². The predicted molar refractivity (Wildman–Crippen MR) is 150 cm³/mol. The van der Waals surface area contributed by atoms with Gasteiger partial charge < -0.3 is 25.2 Å². The third-order valence-electron chi connectivity index (χ3n) is 7.75. The first-order valence-electron chi connectivity index (χ1n) is 13.7. The lowest BCUT2D eigenvalue weighted by molar-refractivity contribution is -0.160. The van der Waals surface area contributed by atoms with Crippen LogP contribution in [0.5, 0.6) is 5.75 Å². The Bertz CT molecular complexity index is 1220. The van der Waals surface area contributed by atoms with Crippen LogP contribution in [0.15, 0.2) is 18.2 Å². The number of carboxylic acid groups (broad SMARTS) is 1. The Morgan fingerprint density at radius 3 is 2.42 bits per heavy atom. The number of benzene rings is 2. The van der Waals surface area contributed by atoms with Crippen molar-refractivity contribution in [1.82, 2.24) is 5.32 Å². The number of fused-ring (bicyclic) bond motifs is 1. The Balaban J connectivity index is 1.89. The molecule has 0 aromatic heterocycles. The summed E-state index contributed by atoms with van der Waals surface area (Å²) in [6, 6.07) is 5.86. The van der Waals surface area contributed by atoms with Crippen molar-refractivity contribution in [2.24, 2.45) is 5.92 Å². The van der Waals surface area contributed by atoms with Crippen LogP contribution in [0.3, 0.4) is 0 Å². The molecule has 38 heavy (non-hydrogen) atoms. The number of rotatable bonds is 6. The molecule has 0 radical (unpaired) electrons. The van der Waals surface area contributed by atoms with E-state index in [4.69, 9.17) is 9.47 Å². The molecule has 4 rings (SSSR count). The average molecular weight is 523 g/mol. The van der Waals surface area contributed by atoms with Gasteiger partial charge in [0.05, 0.1) is 11.3 Å². The highest BCUT2D eigenvalue weighted by molar-refractivity contribution is 6.00. The number of ether oxygens (including phenoxy) is 2. The molecule has 0 spiro atoms. The minimum Gasteiger partial charge on any atom is -0.490 e. The summed E-state index contributed by atoms with van der Waals surface area (Å²) < 4.78 is 12.0. The monoisotopic (exact) mass is 522 g/mol. The van der Waals surface area contributed by atoms with Crippen LogP contribution in [0.25, 0.3) is 11.1 Å². The summed E-state index contributed by atoms with van der Waals surface area (Å²) in [7, 11) is 0. The molecule has 0 bridgehead atoms. The first kappa shape index (κ1) is 28.0. The average Bonchev–Trinajstić information content (AvgIpc) is 2.85. The van der Waals surface area contributed by atoms with Crippen LogP contribution in [-0.2, 0) is 9.53 Å². The Hall–Kier alpha value is -3.06. The van der Waals surface area contributed by atoms with Crippen LogP contribution in [0.2, 0.25) is 0 Å². The Morgan fingerprint density at radius 2 is 1.79 bits per heavy atom. The second-order valence-corrected chi connectivity index (χ2v) is 11.9. The largest absolute Gasteiger partial charge is 0.490 e. The highest BCUT2D eigenvalue weighted by Gasteiger charge is 2.34. The molecule has 1 fully saturated rings. The molecule has 0 saturated heterocycles. The van der Waals surface area contributed by atoms with E-state index in [0.29, 0.717) is 35.8 Å². The summed E-state index contributed by atoms with van der Waals surface area (Å²) in [5, 5.41) is 17.0. The van der Waals surface area contributed by atoms with Gasteiger partial charge in [-0.15, -0.1) is 0 Å². The van der Waals surface area contributed by atoms with E-state index in [2.05, 4.69) is 17.6 Å². The standard InChI is InChI=1S/C31H42N2O5/c1-17-8-10-21(11-9-17)33-29(34)23-16-18(2)25(28(30(35)36)38-31(5,6)7)26(19(23)3)22-12-13-24-27(20(22)4)32-14-15-37-24/h12-13,16-17,21,28,32H,8-11,14-15H2,1-7H3,(H,33,34)(H,35,36)/t17?,21?,28-/m0/s1. The zero-order valence-corrected chi connectivity index (χ0v) is 23.8. The molecule has 3 N–H and O–H groups in total. The molecule has 0 unspecified atom stereocenters. The Morgan fingerprint density at radius 1 is 1.11 bits per heavy atom. The molecule has 206 valence electrons. The lowest BCUT2D eigenvalue weighted by atomic mass is 9.83. The molecular weight excluding hydrogens is 480 g/mol. The van der Waals surface area contributed by atoms with E-state index < -0.39 is 17.7 Å². The van der Waals surface area contributed by atoms with Crippen LogP contribution >= 0.6 is 0 Å². The number of carboxylic acids is 1. The number of anilines is 1. The van der Waals surface area contributed by atoms with Crippen molar-refractivity contribution in [2.45, 2.75) is 91.9 Å². The first-order chi connectivity index (χ1) is 17.9. The molecule has 2 aromatic carbocycles. The van der Waals surface area contributed by atoms with Gasteiger partial charge in [0.15, 0.2) is 6.10 Å². The maximum atomic E-state index is 13.6. The second-order valence-electron chi connectivity index (χ2n) is 11.9. The minimum atomic E-state index is -1.19. The summed E-state index contributed by atoms with van der Waals surface area (Å²) in [6.45, 7) is 14.9. The molecule has 1 saturated carbocycles. The van der Waals surface area contributed by atoms with Crippen LogP contribution < -0.4 is 15.4 Å². The number of aryl methyl sites for hydroxylation is 1. The van der Waals surface area contributed by atoms with Gasteiger partial charge >= 0.3 is 5.97 Å². The molecule has 7 heteroatoms. The fraction of sp³-hybridized carbons (Fsp3) is 0.548.